The predicted molar refractivity (Wildman–Crippen MR) is 41.0 cm³/mol. The number of carbonyl (C=O) groups is 1. The fraction of sp³-hybridized carbons (Fsp3) is 0.857. The minimum atomic E-state index is -0.180. The molecular weight excluding hydrogens is 144 g/mol. The van der Waals surface area contributed by atoms with E-state index in [9.17, 15) is 4.79 Å². The molecule has 4 heteroatoms. The third-order valence-corrected chi connectivity index (χ3v) is 2.05. The zero-order valence-corrected chi connectivity index (χ0v) is 6.91. The molecule has 1 heterocycles. The van der Waals surface area contributed by atoms with Crippen LogP contribution in [0.2, 0.25) is 0 Å². The number of nitrogens with zero attached hydrogens (tertiary/aromatic N) is 1. The Hall–Kier alpha value is -0.610. The first-order valence-corrected chi connectivity index (χ1v) is 3.68. The monoisotopic (exact) mass is 158 g/mol. The van der Waals surface area contributed by atoms with Crippen molar-refractivity contribution < 1.29 is 9.53 Å². The van der Waals surface area contributed by atoms with E-state index < -0.39 is 0 Å². The van der Waals surface area contributed by atoms with Gasteiger partial charge < -0.3 is 10.5 Å². The van der Waals surface area contributed by atoms with Crippen LogP contribution in [0.3, 0.4) is 0 Å². The Kier molecular flexibility index (Phi) is 2.46. The van der Waals surface area contributed by atoms with E-state index in [4.69, 9.17) is 5.73 Å². The average molecular weight is 158 g/mol. The van der Waals surface area contributed by atoms with Gasteiger partial charge in [0.2, 0.25) is 0 Å². The first-order valence-electron chi connectivity index (χ1n) is 3.68. The average Bonchev–Trinajstić information content (AvgIpc) is 2.28. The molecule has 0 aromatic carbocycles. The highest BCUT2D eigenvalue weighted by atomic mass is 16.5. The molecule has 2 atom stereocenters. The number of methoxy groups -OCH3 is 1. The summed E-state index contributed by atoms with van der Waals surface area (Å²) in [4.78, 5) is 13.0. The smallest absolute Gasteiger partial charge is 0.323 e. The quantitative estimate of drug-likeness (QED) is 0.507. The van der Waals surface area contributed by atoms with Crippen molar-refractivity contribution in [1.82, 2.24) is 4.90 Å². The molecule has 0 spiro atoms. The molecule has 0 aromatic heterocycles. The lowest BCUT2D eigenvalue weighted by atomic mass is 10.2. The predicted octanol–water partition coefficient (Wildman–Crippen LogP) is -0.809. The molecule has 64 valence electrons. The first-order chi connectivity index (χ1) is 5.15. The van der Waals surface area contributed by atoms with Crippen molar-refractivity contribution >= 4 is 5.97 Å². The van der Waals surface area contributed by atoms with Gasteiger partial charge in [0.05, 0.1) is 7.11 Å². The number of likely N-dealkylation sites (tertiary alicyclic amines) is 1. The Bertz CT molecular complexity index is 161. The normalized spacial score (nSPS) is 32.3. The fourth-order valence-corrected chi connectivity index (χ4v) is 1.45. The van der Waals surface area contributed by atoms with E-state index in [0.717, 1.165) is 6.54 Å². The summed E-state index contributed by atoms with van der Waals surface area (Å²) < 4.78 is 4.62. The first kappa shape index (κ1) is 8.49. The molecule has 0 aliphatic carbocycles. The summed E-state index contributed by atoms with van der Waals surface area (Å²) in [6.45, 7) is 0.778. The molecule has 1 saturated heterocycles. The molecule has 0 bridgehead atoms. The molecule has 0 aromatic rings. The topological polar surface area (TPSA) is 55.6 Å². The molecule has 0 amide bonds. The minimum absolute atomic E-state index is 0.115. The van der Waals surface area contributed by atoms with Crippen LogP contribution >= 0.6 is 0 Å². The second-order valence-electron chi connectivity index (χ2n) is 2.97. The van der Waals surface area contributed by atoms with Crippen molar-refractivity contribution in [3.63, 3.8) is 0 Å². The van der Waals surface area contributed by atoms with Gasteiger partial charge >= 0.3 is 5.97 Å². The highest BCUT2D eigenvalue weighted by Gasteiger charge is 2.32. The van der Waals surface area contributed by atoms with Gasteiger partial charge in [-0.1, -0.05) is 0 Å². The van der Waals surface area contributed by atoms with Gasteiger partial charge in [0.25, 0.3) is 0 Å². The zero-order chi connectivity index (χ0) is 8.43. The molecule has 2 unspecified atom stereocenters. The third-order valence-electron chi connectivity index (χ3n) is 2.05. The van der Waals surface area contributed by atoms with Gasteiger partial charge in [-0.25, -0.2) is 0 Å². The van der Waals surface area contributed by atoms with E-state index >= 15 is 0 Å². The summed E-state index contributed by atoms with van der Waals surface area (Å²) in [6.07, 6.45) is 0.711. The maximum atomic E-state index is 11.1. The maximum Gasteiger partial charge on any atom is 0.323 e. The van der Waals surface area contributed by atoms with Crippen molar-refractivity contribution in [3.05, 3.63) is 0 Å². The van der Waals surface area contributed by atoms with Crippen LogP contribution in [-0.2, 0) is 9.53 Å². The van der Waals surface area contributed by atoms with Gasteiger partial charge in [-0.15, -0.1) is 0 Å². The molecule has 11 heavy (non-hydrogen) atoms. The van der Waals surface area contributed by atoms with Gasteiger partial charge in [0.15, 0.2) is 0 Å². The summed E-state index contributed by atoms with van der Waals surface area (Å²) in [6, 6.07) is -0.0147. The molecule has 4 nitrogen and oxygen atoms in total. The lowest BCUT2D eigenvalue weighted by Crippen LogP contribution is -2.33. The van der Waals surface area contributed by atoms with Crippen LogP contribution in [0, 0.1) is 0 Å². The van der Waals surface area contributed by atoms with Crippen LogP contribution in [-0.4, -0.2) is 43.7 Å². The summed E-state index contributed by atoms with van der Waals surface area (Å²) >= 11 is 0. The SMILES string of the molecule is COC(=O)C1CC(N)CN1C. The van der Waals surface area contributed by atoms with Gasteiger partial charge in [-0.2, -0.15) is 0 Å². The van der Waals surface area contributed by atoms with Crippen molar-refractivity contribution in [2.45, 2.75) is 18.5 Å². The zero-order valence-electron chi connectivity index (χ0n) is 6.91. The minimum Gasteiger partial charge on any atom is -0.468 e. The van der Waals surface area contributed by atoms with E-state index in [2.05, 4.69) is 4.74 Å². The highest BCUT2D eigenvalue weighted by Crippen LogP contribution is 2.14. The van der Waals surface area contributed by atoms with Crippen LogP contribution in [0.4, 0.5) is 0 Å². The molecule has 1 aliphatic heterocycles. The lowest BCUT2D eigenvalue weighted by molar-refractivity contribution is -0.145. The van der Waals surface area contributed by atoms with Crippen molar-refractivity contribution in [2.24, 2.45) is 5.73 Å². The molecule has 0 radical (unpaired) electrons. The highest BCUT2D eigenvalue weighted by molar-refractivity contribution is 5.76. The van der Waals surface area contributed by atoms with Crippen LogP contribution in [0.5, 0.6) is 0 Å². The number of carbonyl (C=O) groups excluding carboxylic acids is 1. The number of esters is 1. The number of rotatable bonds is 1. The Morgan fingerprint density at radius 3 is 2.73 bits per heavy atom. The lowest BCUT2D eigenvalue weighted by Gasteiger charge is -2.15. The Morgan fingerprint density at radius 1 is 1.73 bits per heavy atom. The second kappa shape index (κ2) is 3.19. The number of hydrogen-bond acceptors (Lipinski definition) is 4. The van der Waals surface area contributed by atoms with Gasteiger partial charge in [0, 0.05) is 12.6 Å². The van der Waals surface area contributed by atoms with Gasteiger partial charge in [-0.3, -0.25) is 9.69 Å². The van der Waals surface area contributed by atoms with E-state index in [1.165, 1.54) is 7.11 Å². The summed E-state index contributed by atoms with van der Waals surface area (Å²) in [5.41, 5.74) is 5.66. The number of likely N-dealkylation sites (N-methyl/N-ethyl adjacent to an activating group) is 1. The van der Waals surface area contributed by atoms with Crippen LogP contribution < -0.4 is 5.73 Å². The van der Waals surface area contributed by atoms with Crippen LogP contribution in [0.15, 0.2) is 0 Å². The van der Waals surface area contributed by atoms with Gasteiger partial charge in [-0.05, 0) is 13.5 Å². The molecule has 1 rings (SSSR count). The standard InChI is InChI=1S/C7H14N2O2/c1-9-4-5(8)3-6(9)7(10)11-2/h5-6H,3-4,8H2,1-2H3. The molecular formula is C7H14N2O2. The van der Waals surface area contributed by atoms with Crippen molar-refractivity contribution in [2.75, 3.05) is 20.7 Å². The molecule has 1 aliphatic rings. The summed E-state index contributed by atoms with van der Waals surface area (Å²) in [5, 5.41) is 0. The fourth-order valence-electron chi connectivity index (χ4n) is 1.45. The van der Waals surface area contributed by atoms with E-state index in [0.29, 0.717) is 6.42 Å². The van der Waals surface area contributed by atoms with Crippen molar-refractivity contribution in [3.8, 4) is 0 Å². The summed E-state index contributed by atoms with van der Waals surface area (Å²) in [5.74, 6) is -0.180. The molecule has 1 fully saturated rings. The second-order valence-corrected chi connectivity index (χ2v) is 2.97. The summed E-state index contributed by atoms with van der Waals surface area (Å²) in [7, 11) is 3.29. The van der Waals surface area contributed by atoms with Crippen LogP contribution in [0.25, 0.3) is 0 Å². The number of hydrogen-bond donors (Lipinski definition) is 1. The van der Waals surface area contributed by atoms with Crippen LogP contribution in [0.1, 0.15) is 6.42 Å². The van der Waals surface area contributed by atoms with E-state index in [-0.39, 0.29) is 18.1 Å². The van der Waals surface area contributed by atoms with Gasteiger partial charge in [0.1, 0.15) is 6.04 Å². The molecule has 2 N–H and O–H groups in total. The van der Waals surface area contributed by atoms with Crippen molar-refractivity contribution in [1.29, 1.82) is 0 Å². The molecule has 0 saturated carbocycles. The maximum absolute atomic E-state index is 11.1. The number of nitrogens with two attached hydrogens (primary N) is 1. The van der Waals surface area contributed by atoms with E-state index in [1.54, 1.807) is 0 Å². The van der Waals surface area contributed by atoms with E-state index in [1.807, 2.05) is 11.9 Å². The third kappa shape index (κ3) is 1.70. The number of ether oxygens (including phenoxy) is 1. The largest absolute Gasteiger partial charge is 0.468 e. The Morgan fingerprint density at radius 2 is 2.36 bits per heavy atom. The Balaban J connectivity index is 2.52. The Labute approximate surface area is 66.3 Å².